The van der Waals surface area contributed by atoms with Crippen LogP contribution < -0.4 is 5.73 Å². The fraction of sp³-hybridized carbons (Fsp3) is 1.00. The first-order chi connectivity index (χ1) is 3.84. The molecule has 0 aliphatic heterocycles. The maximum Gasteiger partial charge on any atom is 0.0196 e. The van der Waals surface area contributed by atoms with Gasteiger partial charge in [-0.1, -0.05) is 6.42 Å². The van der Waals surface area contributed by atoms with Gasteiger partial charge in [-0.3, -0.25) is 0 Å². The van der Waals surface area contributed by atoms with Gasteiger partial charge in [0.25, 0.3) is 0 Å². The van der Waals surface area contributed by atoms with Crippen LogP contribution in [0.15, 0.2) is 0 Å². The molecule has 1 aliphatic carbocycles. The molecule has 0 heterocycles. The molecule has 0 saturated heterocycles. The van der Waals surface area contributed by atoms with Crippen molar-refractivity contribution < 1.29 is 0 Å². The summed E-state index contributed by atoms with van der Waals surface area (Å²) in [5.41, 5.74) is 5.77. The van der Waals surface area contributed by atoms with Gasteiger partial charge in [-0.05, 0) is 19.1 Å². The second-order valence-electron chi connectivity index (χ2n) is 2.37. The highest BCUT2D eigenvalue weighted by atomic mass is 32.2. The van der Waals surface area contributed by atoms with Crippen molar-refractivity contribution in [1.29, 1.82) is 0 Å². The Bertz CT molecular complexity index is 74.9. The smallest absolute Gasteiger partial charge is 0.0196 e. The predicted octanol–water partition coefficient (Wildman–Crippen LogP) is 1.23. The first kappa shape index (κ1) is 6.43. The van der Waals surface area contributed by atoms with Gasteiger partial charge in [-0.2, -0.15) is 11.8 Å². The average molecular weight is 131 g/mol. The monoisotopic (exact) mass is 131 g/mol. The lowest BCUT2D eigenvalue weighted by Gasteiger charge is -2.10. The minimum Gasteiger partial charge on any atom is -0.327 e. The lowest BCUT2D eigenvalue weighted by molar-refractivity contribution is 0.717. The van der Waals surface area contributed by atoms with Crippen LogP contribution in [-0.2, 0) is 0 Å². The molecule has 0 bridgehead atoms. The van der Waals surface area contributed by atoms with Gasteiger partial charge < -0.3 is 5.73 Å². The van der Waals surface area contributed by atoms with E-state index < -0.39 is 0 Å². The van der Waals surface area contributed by atoms with Crippen LogP contribution in [0, 0.1) is 0 Å². The summed E-state index contributed by atoms with van der Waals surface area (Å²) < 4.78 is 0. The maximum atomic E-state index is 5.77. The van der Waals surface area contributed by atoms with E-state index in [0.29, 0.717) is 6.04 Å². The Hall–Kier alpha value is 0.310. The largest absolute Gasteiger partial charge is 0.327 e. The SMILES string of the molecule is CS[C@H]1CCC[C@@H]1N. The first-order valence-electron chi connectivity index (χ1n) is 3.13. The summed E-state index contributed by atoms with van der Waals surface area (Å²) in [7, 11) is 0. The Morgan fingerprint density at radius 1 is 1.50 bits per heavy atom. The Morgan fingerprint density at radius 3 is 2.50 bits per heavy atom. The molecule has 2 N–H and O–H groups in total. The first-order valence-corrected chi connectivity index (χ1v) is 4.42. The summed E-state index contributed by atoms with van der Waals surface area (Å²) in [5.74, 6) is 0. The van der Waals surface area contributed by atoms with E-state index >= 15 is 0 Å². The summed E-state index contributed by atoms with van der Waals surface area (Å²) in [5, 5.41) is 0.759. The van der Waals surface area contributed by atoms with Crippen molar-refractivity contribution in [1.82, 2.24) is 0 Å². The van der Waals surface area contributed by atoms with Crippen molar-refractivity contribution in [2.24, 2.45) is 5.73 Å². The fourth-order valence-corrected chi connectivity index (χ4v) is 2.14. The van der Waals surface area contributed by atoms with Crippen molar-refractivity contribution >= 4 is 11.8 Å². The number of thioether (sulfide) groups is 1. The summed E-state index contributed by atoms with van der Waals surface area (Å²) >= 11 is 1.92. The lowest BCUT2D eigenvalue weighted by Crippen LogP contribution is -2.25. The Labute approximate surface area is 55.0 Å². The summed E-state index contributed by atoms with van der Waals surface area (Å²) in [6.07, 6.45) is 6.07. The van der Waals surface area contributed by atoms with Gasteiger partial charge >= 0.3 is 0 Å². The molecule has 1 nitrogen and oxygen atoms in total. The molecule has 0 aromatic carbocycles. The topological polar surface area (TPSA) is 26.0 Å². The zero-order valence-electron chi connectivity index (χ0n) is 5.26. The van der Waals surface area contributed by atoms with E-state index in [0.717, 1.165) is 5.25 Å². The molecule has 1 aliphatic rings. The minimum absolute atomic E-state index is 0.491. The van der Waals surface area contributed by atoms with Gasteiger partial charge in [-0.25, -0.2) is 0 Å². The maximum absolute atomic E-state index is 5.77. The van der Waals surface area contributed by atoms with Crippen LogP contribution in [0.3, 0.4) is 0 Å². The van der Waals surface area contributed by atoms with Gasteiger partial charge in [0, 0.05) is 11.3 Å². The molecule has 0 spiro atoms. The van der Waals surface area contributed by atoms with Crippen molar-refractivity contribution in [3.8, 4) is 0 Å². The van der Waals surface area contributed by atoms with Gasteiger partial charge in [0.2, 0.25) is 0 Å². The third kappa shape index (κ3) is 1.17. The van der Waals surface area contributed by atoms with E-state index in [-0.39, 0.29) is 0 Å². The van der Waals surface area contributed by atoms with Gasteiger partial charge in [0.05, 0.1) is 0 Å². The molecule has 0 aromatic rings. The number of nitrogens with two attached hydrogens (primary N) is 1. The number of hydrogen-bond donors (Lipinski definition) is 1. The molecular weight excluding hydrogens is 118 g/mol. The van der Waals surface area contributed by atoms with Crippen LogP contribution in [-0.4, -0.2) is 17.5 Å². The third-order valence-electron chi connectivity index (χ3n) is 1.81. The average Bonchev–Trinajstić information content (AvgIpc) is 2.14. The molecule has 0 unspecified atom stereocenters. The van der Waals surface area contributed by atoms with Crippen LogP contribution in [0.2, 0.25) is 0 Å². The zero-order valence-corrected chi connectivity index (χ0v) is 6.08. The Balaban J connectivity index is 2.30. The van der Waals surface area contributed by atoms with Crippen LogP contribution in [0.1, 0.15) is 19.3 Å². The van der Waals surface area contributed by atoms with E-state index in [2.05, 4.69) is 6.26 Å². The van der Waals surface area contributed by atoms with E-state index in [1.165, 1.54) is 19.3 Å². The molecule has 8 heavy (non-hydrogen) atoms. The molecule has 2 heteroatoms. The highest BCUT2D eigenvalue weighted by Gasteiger charge is 2.21. The second-order valence-corrected chi connectivity index (χ2v) is 3.45. The van der Waals surface area contributed by atoms with Crippen molar-refractivity contribution in [2.75, 3.05) is 6.26 Å². The fourth-order valence-electron chi connectivity index (χ4n) is 1.25. The van der Waals surface area contributed by atoms with Gasteiger partial charge in [0.15, 0.2) is 0 Å². The van der Waals surface area contributed by atoms with Gasteiger partial charge in [-0.15, -0.1) is 0 Å². The molecule has 0 amide bonds. The molecule has 0 radical (unpaired) electrons. The highest BCUT2D eigenvalue weighted by molar-refractivity contribution is 7.99. The predicted molar refractivity (Wildman–Crippen MR) is 39.1 cm³/mol. The molecule has 1 fully saturated rings. The Kier molecular flexibility index (Phi) is 2.20. The number of hydrogen-bond acceptors (Lipinski definition) is 2. The molecule has 48 valence electrons. The lowest BCUT2D eigenvalue weighted by atomic mass is 10.3. The molecule has 2 atom stereocenters. The van der Waals surface area contributed by atoms with Crippen molar-refractivity contribution in [3.63, 3.8) is 0 Å². The summed E-state index contributed by atoms with van der Waals surface area (Å²) in [4.78, 5) is 0. The highest BCUT2D eigenvalue weighted by Crippen LogP contribution is 2.26. The van der Waals surface area contributed by atoms with E-state index in [9.17, 15) is 0 Å². The van der Waals surface area contributed by atoms with E-state index in [1.807, 2.05) is 11.8 Å². The van der Waals surface area contributed by atoms with Crippen LogP contribution in [0.25, 0.3) is 0 Å². The number of rotatable bonds is 1. The van der Waals surface area contributed by atoms with Gasteiger partial charge in [0.1, 0.15) is 0 Å². The third-order valence-corrected chi connectivity index (χ3v) is 3.00. The quantitative estimate of drug-likeness (QED) is 0.579. The molecule has 1 rings (SSSR count). The second kappa shape index (κ2) is 2.74. The van der Waals surface area contributed by atoms with E-state index in [4.69, 9.17) is 5.73 Å². The summed E-state index contributed by atoms with van der Waals surface area (Å²) in [6, 6.07) is 0.491. The summed E-state index contributed by atoms with van der Waals surface area (Å²) in [6.45, 7) is 0. The van der Waals surface area contributed by atoms with Crippen LogP contribution in [0.4, 0.5) is 0 Å². The van der Waals surface area contributed by atoms with E-state index in [1.54, 1.807) is 0 Å². The van der Waals surface area contributed by atoms with Crippen molar-refractivity contribution in [3.05, 3.63) is 0 Å². The molecule has 1 saturated carbocycles. The minimum atomic E-state index is 0.491. The molecule has 0 aromatic heterocycles. The van der Waals surface area contributed by atoms with Crippen molar-refractivity contribution in [2.45, 2.75) is 30.6 Å². The molecular formula is C6H13NS. The standard InChI is InChI=1S/C6H13NS/c1-8-6-4-2-3-5(6)7/h5-6H,2-4,7H2,1H3/t5-,6-/m0/s1. The Morgan fingerprint density at radius 2 is 2.25 bits per heavy atom. The van der Waals surface area contributed by atoms with Crippen LogP contribution >= 0.6 is 11.8 Å². The van der Waals surface area contributed by atoms with Crippen LogP contribution in [0.5, 0.6) is 0 Å². The normalized spacial score (nSPS) is 38.2. The zero-order chi connectivity index (χ0) is 5.98.